The number of hydrogen-bond donors (Lipinski definition) is 1. The van der Waals surface area contributed by atoms with Gasteiger partial charge in [0, 0.05) is 23.6 Å². The molecule has 1 aliphatic rings. The summed E-state index contributed by atoms with van der Waals surface area (Å²) in [7, 11) is 0. The van der Waals surface area contributed by atoms with Crippen molar-refractivity contribution in [3.8, 4) is 5.75 Å². The van der Waals surface area contributed by atoms with Crippen molar-refractivity contribution in [3.63, 3.8) is 0 Å². The van der Waals surface area contributed by atoms with Gasteiger partial charge in [-0.15, -0.1) is 0 Å². The van der Waals surface area contributed by atoms with Gasteiger partial charge in [-0.05, 0) is 41.8 Å². The number of carbonyl (C=O) groups is 1. The van der Waals surface area contributed by atoms with E-state index in [9.17, 15) is 4.79 Å². The van der Waals surface area contributed by atoms with E-state index in [2.05, 4.69) is 5.32 Å². The van der Waals surface area contributed by atoms with E-state index in [0.717, 1.165) is 34.7 Å². The van der Waals surface area contributed by atoms with Crippen molar-refractivity contribution in [3.05, 3.63) is 64.2 Å². The molecule has 2 aromatic rings. The van der Waals surface area contributed by atoms with Gasteiger partial charge in [0.05, 0.1) is 6.61 Å². The predicted octanol–water partition coefficient (Wildman–Crippen LogP) is 3.25. The fraction of sp³-hybridized carbons (Fsp3) is 0.235. The molecule has 1 amide bonds. The molecule has 21 heavy (non-hydrogen) atoms. The lowest BCUT2D eigenvalue weighted by Crippen LogP contribution is -2.31. The van der Waals surface area contributed by atoms with Crippen molar-refractivity contribution < 1.29 is 9.53 Å². The van der Waals surface area contributed by atoms with E-state index >= 15 is 0 Å². The molecule has 0 fully saturated rings. The zero-order chi connectivity index (χ0) is 14.7. The summed E-state index contributed by atoms with van der Waals surface area (Å²) in [4.78, 5) is 11.8. The number of ether oxygens (including phenoxy) is 1. The highest BCUT2D eigenvalue weighted by Crippen LogP contribution is 2.21. The minimum absolute atomic E-state index is 0.0144. The molecule has 3 rings (SSSR count). The molecule has 0 saturated carbocycles. The third-order valence-electron chi connectivity index (χ3n) is 3.58. The standard InChI is InChI=1S/C17H16ClNO2/c18-14-4-1-12(2-5-14)8-10-21-15-6-3-13-7-9-19-17(20)16(13)11-15/h1-6,11H,7-10H2,(H,19,20). The Bertz CT molecular complexity index is 652. The van der Waals surface area contributed by atoms with E-state index in [1.807, 2.05) is 42.5 Å². The van der Waals surface area contributed by atoms with E-state index in [1.54, 1.807) is 0 Å². The highest BCUT2D eigenvalue weighted by molar-refractivity contribution is 6.30. The summed E-state index contributed by atoms with van der Waals surface area (Å²) in [6, 6.07) is 13.5. The number of fused-ring (bicyclic) bond motifs is 1. The van der Waals surface area contributed by atoms with Gasteiger partial charge in [0.1, 0.15) is 5.75 Å². The van der Waals surface area contributed by atoms with E-state index < -0.39 is 0 Å². The van der Waals surface area contributed by atoms with E-state index in [-0.39, 0.29) is 5.91 Å². The van der Waals surface area contributed by atoms with E-state index in [4.69, 9.17) is 16.3 Å². The van der Waals surface area contributed by atoms with Crippen LogP contribution in [-0.2, 0) is 12.8 Å². The van der Waals surface area contributed by atoms with E-state index in [0.29, 0.717) is 13.2 Å². The van der Waals surface area contributed by atoms with Gasteiger partial charge in [0.25, 0.3) is 5.91 Å². The molecule has 0 saturated heterocycles. The molecule has 3 nitrogen and oxygen atoms in total. The first-order valence-electron chi connectivity index (χ1n) is 7.01. The van der Waals surface area contributed by atoms with Crippen molar-refractivity contribution in [2.24, 2.45) is 0 Å². The Kier molecular flexibility index (Phi) is 4.11. The summed E-state index contributed by atoms with van der Waals surface area (Å²) < 4.78 is 5.74. The lowest BCUT2D eigenvalue weighted by Gasteiger charge is -2.17. The number of benzene rings is 2. The maximum Gasteiger partial charge on any atom is 0.251 e. The summed E-state index contributed by atoms with van der Waals surface area (Å²) in [5.41, 5.74) is 2.99. The van der Waals surface area contributed by atoms with Crippen molar-refractivity contribution in [1.29, 1.82) is 0 Å². The molecule has 1 aliphatic heterocycles. The Morgan fingerprint density at radius 3 is 2.76 bits per heavy atom. The molecule has 108 valence electrons. The smallest absolute Gasteiger partial charge is 0.251 e. The first-order valence-corrected chi connectivity index (χ1v) is 7.38. The Morgan fingerprint density at radius 1 is 1.14 bits per heavy atom. The normalized spacial score (nSPS) is 13.5. The number of carbonyl (C=O) groups excluding carboxylic acids is 1. The van der Waals surface area contributed by atoms with Crippen molar-refractivity contribution >= 4 is 17.5 Å². The minimum Gasteiger partial charge on any atom is -0.493 e. The van der Waals surface area contributed by atoms with Crippen LogP contribution in [-0.4, -0.2) is 19.1 Å². The molecule has 0 aliphatic carbocycles. The zero-order valence-corrected chi connectivity index (χ0v) is 12.3. The van der Waals surface area contributed by atoms with Gasteiger partial charge in [-0.3, -0.25) is 4.79 Å². The monoisotopic (exact) mass is 301 g/mol. The zero-order valence-electron chi connectivity index (χ0n) is 11.6. The SMILES string of the molecule is O=C1NCCc2ccc(OCCc3ccc(Cl)cc3)cc21. The van der Waals surface area contributed by atoms with Gasteiger partial charge < -0.3 is 10.1 Å². The number of rotatable bonds is 4. The number of nitrogens with one attached hydrogen (secondary N) is 1. The van der Waals surface area contributed by atoms with Crippen LogP contribution in [0, 0.1) is 0 Å². The molecule has 2 aromatic carbocycles. The molecule has 1 N–H and O–H groups in total. The fourth-order valence-electron chi connectivity index (χ4n) is 2.42. The summed E-state index contributed by atoms with van der Waals surface area (Å²) in [6.45, 7) is 1.28. The van der Waals surface area contributed by atoms with Crippen LogP contribution < -0.4 is 10.1 Å². The second-order valence-electron chi connectivity index (χ2n) is 5.05. The molecule has 0 radical (unpaired) electrons. The molecule has 0 atom stereocenters. The third kappa shape index (κ3) is 3.37. The largest absolute Gasteiger partial charge is 0.493 e. The molecular weight excluding hydrogens is 286 g/mol. The van der Waals surface area contributed by atoms with Crippen LogP contribution in [0.15, 0.2) is 42.5 Å². The predicted molar refractivity (Wildman–Crippen MR) is 83.1 cm³/mol. The van der Waals surface area contributed by atoms with Crippen LogP contribution in [0.2, 0.25) is 5.02 Å². The van der Waals surface area contributed by atoms with Gasteiger partial charge in [-0.25, -0.2) is 0 Å². The van der Waals surface area contributed by atoms with Crippen molar-refractivity contribution in [2.75, 3.05) is 13.2 Å². The van der Waals surface area contributed by atoms with Gasteiger partial charge in [0.15, 0.2) is 0 Å². The van der Waals surface area contributed by atoms with Crippen LogP contribution >= 0.6 is 11.6 Å². The third-order valence-corrected chi connectivity index (χ3v) is 3.83. The Morgan fingerprint density at radius 2 is 1.95 bits per heavy atom. The Labute approximate surface area is 128 Å². The van der Waals surface area contributed by atoms with Crippen LogP contribution in [0.5, 0.6) is 5.75 Å². The number of halogens is 1. The summed E-state index contributed by atoms with van der Waals surface area (Å²) >= 11 is 5.85. The minimum atomic E-state index is -0.0144. The molecule has 0 aromatic heterocycles. The Balaban J connectivity index is 1.62. The molecule has 0 bridgehead atoms. The van der Waals surface area contributed by atoms with Gasteiger partial charge >= 0.3 is 0 Å². The molecule has 0 spiro atoms. The van der Waals surface area contributed by atoms with Crippen LogP contribution in [0.1, 0.15) is 21.5 Å². The lowest BCUT2D eigenvalue weighted by atomic mass is 10.0. The van der Waals surface area contributed by atoms with Gasteiger partial charge in [-0.1, -0.05) is 29.8 Å². The topological polar surface area (TPSA) is 38.3 Å². The second kappa shape index (κ2) is 6.19. The average molecular weight is 302 g/mol. The average Bonchev–Trinajstić information content (AvgIpc) is 2.50. The van der Waals surface area contributed by atoms with Crippen LogP contribution in [0.25, 0.3) is 0 Å². The van der Waals surface area contributed by atoms with Crippen LogP contribution in [0.3, 0.4) is 0 Å². The van der Waals surface area contributed by atoms with Gasteiger partial charge in [-0.2, -0.15) is 0 Å². The Hall–Kier alpha value is -2.00. The maximum atomic E-state index is 11.8. The highest BCUT2D eigenvalue weighted by atomic mass is 35.5. The lowest BCUT2D eigenvalue weighted by molar-refractivity contribution is 0.0945. The molecule has 1 heterocycles. The summed E-state index contributed by atoms with van der Waals surface area (Å²) in [5.74, 6) is 0.721. The quantitative estimate of drug-likeness (QED) is 0.941. The van der Waals surface area contributed by atoms with E-state index in [1.165, 1.54) is 5.56 Å². The summed E-state index contributed by atoms with van der Waals surface area (Å²) in [6.07, 6.45) is 1.69. The number of amides is 1. The second-order valence-corrected chi connectivity index (χ2v) is 5.49. The number of hydrogen-bond acceptors (Lipinski definition) is 2. The van der Waals surface area contributed by atoms with Crippen molar-refractivity contribution in [1.82, 2.24) is 5.32 Å². The summed E-state index contributed by atoms with van der Waals surface area (Å²) in [5, 5.41) is 3.58. The van der Waals surface area contributed by atoms with Gasteiger partial charge in [0.2, 0.25) is 0 Å². The fourth-order valence-corrected chi connectivity index (χ4v) is 2.54. The maximum absolute atomic E-state index is 11.8. The molecule has 4 heteroatoms. The van der Waals surface area contributed by atoms with Crippen molar-refractivity contribution in [2.45, 2.75) is 12.8 Å². The first-order chi connectivity index (χ1) is 10.2. The molecule has 0 unspecified atom stereocenters. The van der Waals surface area contributed by atoms with Crippen LogP contribution in [0.4, 0.5) is 0 Å². The molecular formula is C17H16ClNO2. The highest BCUT2D eigenvalue weighted by Gasteiger charge is 2.16. The first kappa shape index (κ1) is 14.0.